The Hall–Kier alpha value is -1.22. The number of allylic oxidation sites excluding steroid dienone is 5. The van der Waals surface area contributed by atoms with E-state index in [1.54, 1.807) is 25.1 Å². The lowest BCUT2D eigenvalue weighted by atomic mass is 10.1. The molecule has 0 aromatic carbocycles. The van der Waals surface area contributed by atoms with Gasteiger partial charge in [0.15, 0.2) is 0 Å². The van der Waals surface area contributed by atoms with Crippen molar-refractivity contribution in [1.29, 1.82) is 0 Å². The normalized spacial score (nSPS) is 12.6. The minimum atomic E-state index is 0.935. The summed E-state index contributed by atoms with van der Waals surface area (Å²) in [7, 11) is 1.74. The molecule has 0 radical (unpaired) electrons. The van der Waals surface area contributed by atoms with Crippen LogP contribution in [0, 0.1) is 0 Å². The number of nitrogens with one attached hydrogen (secondary N) is 1. The molecule has 3 heteroatoms. The number of hydrogen-bond acceptors (Lipinski definition) is 2. The second kappa shape index (κ2) is 13.4. The summed E-state index contributed by atoms with van der Waals surface area (Å²) in [6.45, 7) is 12.7. The van der Waals surface area contributed by atoms with Crippen LogP contribution in [0.15, 0.2) is 51.5 Å². The Morgan fingerprint density at radius 2 is 1.59 bits per heavy atom. The third kappa shape index (κ3) is 13.7. The molecule has 0 fully saturated rings. The van der Waals surface area contributed by atoms with Gasteiger partial charge in [-0.3, -0.25) is 4.99 Å². The van der Waals surface area contributed by atoms with Crippen LogP contribution in [0.5, 0.6) is 0 Å². The predicted octanol–water partition coefficient (Wildman–Crippen LogP) is 5.86. The minimum absolute atomic E-state index is 0.935. The smallest absolute Gasteiger partial charge is 0.0868 e. The Morgan fingerprint density at radius 1 is 1.00 bits per heavy atom. The first kappa shape index (κ1) is 20.8. The van der Waals surface area contributed by atoms with Gasteiger partial charge in [-0.25, -0.2) is 0 Å². The van der Waals surface area contributed by atoms with Crippen molar-refractivity contribution in [3.05, 3.63) is 46.6 Å². The SMILES string of the molecule is C=C(NC=NC)SC/C=C(\C)CC/C=C(\C)CCC=C(C)C. The number of aliphatic imine (C=N–C) groups is 1. The first-order chi connectivity index (χ1) is 10.5. The van der Waals surface area contributed by atoms with E-state index in [1.165, 1.54) is 23.1 Å². The average Bonchev–Trinajstić information content (AvgIpc) is 2.44. The maximum absolute atomic E-state index is 3.93. The monoisotopic (exact) mass is 320 g/mol. The third-order valence-electron chi connectivity index (χ3n) is 3.17. The lowest BCUT2D eigenvalue weighted by Crippen LogP contribution is -2.06. The maximum atomic E-state index is 3.93. The Bertz CT molecular complexity index is 438. The molecule has 0 aromatic rings. The Kier molecular flexibility index (Phi) is 12.7. The van der Waals surface area contributed by atoms with Gasteiger partial charge in [0.25, 0.3) is 0 Å². The van der Waals surface area contributed by atoms with E-state index in [2.05, 4.69) is 62.8 Å². The minimum Gasteiger partial charge on any atom is -0.342 e. The number of rotatable bonds is 11. The Labute approximate surface area is 141 Å². The first-order valence-electron chi connectivity index (χ1n) is 7.89. The molecule has 0 saturated heterocycles. The van der Waals surface area contributed by atoms with Gasteiger partial charge in [0.05, 0.1) is 11.4 Å². The standard InChI is InChI=1S/C19H32N2S/c1-16(2)9-7-10-17(3)11-8-12-18(4)13-14-22-19(5)21-15-20-6/h9,11,13,15H,5,7-8,10,12,14H2,1-4,6H3,(H,20,21)/b17-11+,18-13+. The van der Waals surface area contributed by atoms with Gasteiger partial charge < -0.3 is 5.32 Å². The molecule has 0 saturated carbocycles. The van der Waals surface area contributed by atoms with Crippen LogP contribution in [0.25, 0.3) is 0 Å². The van der Waals surface area contributed by atoms with Crippen molar-refractivity contribution in [2.75, 3.05) is 12.8 Å². The fraction of sp³-hybridized carbons (Fsp3) is 0.526. The summed E-state index contributed by atoms with van der Waals surface area (Å²) in [5.41, 5.74) is 4.35. The highest BCUT2D eigenvalue weighted by molar-refractivity contribution is 8.03. The molecule has 0 aliphatic rings. The molecule has 124 valence electrons. The quantitative estimate of drug-likeness (QED) is 0.293. The Morgan fingerprint density at radius 3 is 2.18 bits per heavy atom. The molecular weight excluding hydrogens is 288 g/mol. The van der Waals surface area contributed by atoms with E-state index in [9.17, 15) is 0 Å². The van der Waals surface area contributed by atoms with Crippen molar-refractivity contribution in [3.8, 4) is 0 Å². The summed E-state index contributed by atoms with van der Waals surface area (Å²) in [5.74, 6) is 0.957. The summed E-state index contributed by atoms with van der Waals surface area (Å²) >= 11 is 1.70. The van der Waals surface area contributed by atoms with Crippen molar-refractivity contribution >= 4 is 18.1 Å². The molecule has 0 atom stereocenters. The van der Waals surface area contributed by atoms with Crippen LogP contribution in [0.1, 0.15) is 53.4 Å². The van der Waals surface area contributed by atoms with Gasteiger partial charge in [-0.2, -0.15) is 0 Å². The highest BCUT2D eigenvalue weighted by atomic mass is 32.2. The molecule has 1 N–H and O–H groups in total. The lowest BCUT2D eigenvalue weighted by molar-refractivity contribution is 0.917. The highest BCUT2D eigenvalue weighted by Crippen LogP contribution is 2.14. The van der Waals surface area contributed by atoms with Gasteiger partial charge in [-0.1, -0.05) is 41.5 Å². The number of thioether (sulfide) groups is 1. The molecule has 0 amide bonds. The number of hydrogen-bond donors (Lipinski definition) is 1. The van der Waals surface area contributed by atoms with Gasteiger partial charge in [0, 0.05) is 12.8 Å². The molecule has 0 rings (SSSR count). The van der Waals surface area contributed by atoms with Gasteiger partial charge in [-0.05, 0) is 53.4 Å². The third-order valence-corrected chi connectivity index (χ3v) is 3.97. The van der Waals surface area contributed by atoms with Crippen LogP contribution in [-0.2, 0) is 0 Å². The van der Waals surface area contributed by atoms with E-state index in [1.807, 2.05) is 0 Å². The second-order valence-corrected chi connectivity index (χ2v) is 6.84. The predicted molar refractivity (Wildman–Crippen MR) is 105 cm³/mol. The van der Waals surface area contributed by atoms with Crippen molar-refractivity contribution in [2.45, 2.75) is 53.4 Å². The van der Waals surface area contributed by atoms with Gasteiger partial charge in [0.1, 0.15) is 0 Å². The van der Waals surface area contributed by atoms with E-state index < -0.39 is 0 Å². The Balaban J connectivity index is 3.91. The average molecular weight is 321 g/mol. The molecule has 2 nitrogen and oxygen atoms in total. The molecule has 0 aliphatic heterocycles. The molecule has 0 bridgehead atoms. The molecule has 0 heterocycles. The topological polar surface area (TPSA) is 24.4 Å². The fourth-order valence-electron chi connectivity index (χ4n) is 1.80. The van der Waals surface area contributed by atoms with Gasteiger partial charge in [-0.15, -0.1) is 11.8 Å². The van der Waals surface area contributed by atoms with E-state index in [4.69, 9.17) is 0 Å². The van der Waals surface area contributed by atoms with Crippen LogP contribution < -0.4 is 5.32 Å². The fourth-order valence-corrected chi connectivity index (χ4v) is 2.51. The van der Waals surface area contributed by atoms with Crippen molar-refractivity contribution < 1.29 is 0 Å². The molecule has 22 heavy (non-hydrogen) atoms. The summed E-state index contributed by atoms with van der Waals surface area (Å²) in [6, 6.07) is 0. The van der Waals surface area contributed by atoms with Crippen molar-refractivity contribution in [3.63, 3.8) is 0 Å². The molecular formula is C19H32N2S. The summed E-state index contributed by atoms with van der Waals surface area (Å²) < 4.78 is 0. The lowest BCUT2D eigenvalue weighted by Gasteiger charge is -2.03. The second-order valence-electron chi connectivity index (χ2n) is 5.73. The molecule has 0 aromatic heterocycles. The first-order valence-corrected chi connectivity index (χ1v) is 8.87. The zero-order chi connectivity index (χ0) is 16.8. The van der Waals surface area contributed by atoms with Crippen LogP contribution in [0.4, 0.5) is 0 Å². The van der Waals surface area contributed by atoms with Crippen LogP contribution in [0.2, 0.25) is 0 Å². The maximum Gasteiger partial charge on any atom is 0.0868 e. The summed E-state index contributed by atoms with van der Waals surface area (Å²) in [6.07, 6.45) is 13.2. The van der Waals surface area contributed by atoms with E-state index in [0.29, 0.717) is 0 Å². The van der Waals surface area contributed by atoms with Gasteiger partial charge in [0.2, 0.25) is 0 Å². The summed E-state index contributed by atoms with van der Waals surface area (Å²) in [4.78, 5) is 3.87. The van der Waals surface area contributed by atoms with Crippen molar-refractivity contribution in [1.82, 2.24) is 5.32 Å². The van der Waals surface area contributed by atoms with Crippen LogP contribution in [-0.4, -0.2) is 19.1 Å². The zero-order valence-corrected chi connectivity index (χ0v) is 15.7. The zero-order valence-electron chi connectivity index (χ0n) is 14.9. The molecule has 0 spiro atoms. The largest absolute Gasteiger partial charge is 0.342 e. The van der Waals surface area contributed by atoms with Crippen LogP contribution >= 0.6 is 11.8 Å². The van der Waals surface area contributed by atoms with Gasteiger partial charge >= 0.3 is 0 Å². The van der Waals surface area contributed by atoms with E-state index >= 15 is 0 Å². The molecule has 0 unspecified atom stereocenters. The van der Waals surface area contributed by atoms with E-state index in [0.717, 1.165) is 30.0 Å². The van der Waals surface area contributed by atoms with Crippen molar-refractivity contribution in [2.24, 2.45) is 4.99 Å². The van der Waals surface area contributed by atoms with Crippen LogP contribution in [0.3, 0.4) is 0 Å². The summed E-state index contributed by atoms with van der Waals surface area (Å²) in [5, 5.41) is 3.96. The highest BCUT2D eigenvalue weighted by Gasteiger charge is 1.94. The van der Waals surface area contributed by atoms with E-state index in [-0.39, 0.29) is 0 Å². The molecule has 0 aliphatic carbocycles. The number of nitrogens with zero attached hydrogens (tertiary/aromatic N) is 1.